The molecule has 0 saturated heterocycles. The third kappa shape index (κ3) is 3.05. The lowest BCUT2D eigenvalue weighted by atomic mass is 9.89. The maximum atomic E-state index is 13.6. The first-order chi connectivity index (χ1) is 13.7. The molecule has 5 rings (SSSR count). The fraction of sp³-hybridized carbons (Fsp3) is 0.455. The normalized spacial score (nSPS) is 20.5. The molecule has 2 fully saturated rings. The Morgan fingerprint density at radius 1 is 1.18 bits per heavy atom. The number of hydrogen-bond acceptors (Lipinski definition) is 4. The summed E-state index contributed by atoms with van der Waals surface area (Å²) in [6.45, 7) is 1.18. The van der Waals surface area contributed by atoms with Crippen LogP contribution in [-0.2, 0) is 16.1 Å². The lowest BCUT2D eigenvalue weighted by Crippen LogP contribution is -2.62. The van der Waals surface area contributed by atoms with Crippen molar-refractivity contribution in [2.45, 2.75) is 56.7 Å². The molecule has 0 atom stereocenters. The molecule has 2 aromatic rings. The van der Waals surface area contributed by atoms with E-state index in [1.807, 2.05) is 29.2 Å². The average molecular weight is 396 g/mol. The fourth-order valence-corrected chi connectivity index (χ4v) is 5.46. The van der Waals surface area contributed by atoms with Gasteiger partial charge in [0.1, 0.15) is 5.54 Å². The van der Waals surface area contributed by atoms with Crippen LogP contribution < -0.4 is 10.2 Å². The topological polar surface area (TPSA) is 52.7 Å². The van der Waals surface area contributed by atoms with E-state index in [-0.39, 0.29) is 11.8 Å². The Hall–Kier alpha value is -2.18. The largest absolute Gasteiger partial charge is 0.322 e. The van der Waals surface area contributed by atoms with Crippen LogP contribution in [0.4, 0.5) is 11.4 Å². The number of carbonyl (C=O) groups is 2. The molecule has 0 bridgehead atoms. The molecule has 1 spiro atoms. The third-order valence-electron chi connectivity index (χ3n) is 6.26. The van der Waals surface area contributed by atoms with Crippen LogP contribution in [0.2, 0.25) is 0 Å². The summed E-state index contributed by atoms with van der Waals surface area (Å²) < 4.78 is 0. The average Bonchev–Trinajstić information content (AvgIpc) is 3.20. The Bertz CT molecular complexity index is 885. The fourth-order valence-electron chi connectivity index (χ4n) is 4.73. The molecular formula is C22H25N3O2S. The van der Waals surface area contributed by atoms with E-state index in [1.165, 1.54) is 4.88 Å². The number of nitrogens with one attached hydrogen (secondary N) is 1. The zero-order chi connectivity index (χ0) is 19.1. The second-order valence-electron chi connectivity index (χ2n) is 8.15. The van der Waals surface area contributed by atoms with E-state index in [1.54, 1.807) is 11.3 Å². The van der Waals surface area contributed by atoms with Gasteiger partial charge in [0.05, 0.1) is 17.9 Å². The van der Waals surface area contributed by atoms with E-state index >= 15 is 0 Å². The number of hydrogen-bond donors (Lipinski definition) is 1. The van der Waals surface area contributed by atoms with Gasteiger partial charge in [-0.1, -0.05) is 31.0 Å². The molecule has 2 aliphatic carbocycles. The van der Waals surface area contributed by atoms with Crippen molar-refractivity contribution in [3.05, 3.63) is 46.7 Å². The third-order valence-corrected chi connectivity index (χ3v) is 7.13. The Balaban J connectivity index is 1.46. The number of fused-ring (bicyclic) bond motifs is 1. The Labute approximate surface area is 169 Å². The summed E-state index contributed by atoms with van der Waals surface area (Å²) in [7, 11) is 0. The Morgan fingerprint density at radius 2 is 1.96 bits per heavy atom. The minimum atomic E-state index is -0.719. The summed E-state index contributed by atoms with van der Waals surface area (Å²) in [5, 5.41) is 5.14. The predicted molar refractivity (Wildman–Crippen MR) is 112 cm³/mol. The van der Waals surface area contributed by atoms with Gasteiger partial charge in [0.25, 0.3) is 5.91 Å². The molecule has 1 N–H and O–H groups in total. The van der Waals surface area contributed by atoms with Gasteiger partial charge in [-0.25, -0.2) is 0 Å². The summed E-state index contributed by atoms with van der Waals surface area (Å²) in [6, 6.07) is 12.4. The summed E-state index contributed by atoms with van der Waals surface area (Å²) >= 11 is 1.74. The lowest BCUT2D eigenvalue weighted by molar-refractivity contribution is -0.128. The van der Waals surface area contributed by atoms with Gasteiger partial charge in [-0.05, 0) is 49.3 Å². The molecular weight excluding hydrogens is 370 g/mol. The predicted octanol–water partition coefficient (Wildman–Crippen LogP) is 4.01. The molecule has 2 heterocycles. The van der Waals surface area contributed by atoms with Crippen molar-refractivity contribution >= 4 is 34.5 Å². The molecule has 0 unspecified atom stereocenters. The van der Waals surface area contributed by atoms with Gasteiger partial charge in [-0.2, -0.15) is 0 Å². The van der Waals surface area contributed by atoms with Gasteiger partial charge in [0, 0.05) is 17.5 Å². The van der Waals surface area contributed by atoms with E-state index in [2.05, 4.69) is 27.7 Å². The number of carbonyl (C=O) groups excluding carboxylic acids is 2. The Kier molecular flexibility index (Phi) is 4.48. The number of para-hydroxylation sites is 2. The smallest absolute Gasteiger partial charge is 0.250 e. The van der Waals surface area contributed by atoms with Crippen LogP contribution in [0.5, 0.6) is 0 Å². The number of rotatable bonds is 5. The molecule has 146 valence electrons. The van der Waals surface area contributed by atoms with Gasteiger partial charge in [-0.3, -0.25) is 19.4 Å². The number of anilines is 2. The van der Waals surface area contributed by atoms with Gasteiger partial charge in [0.15, 0.2) is 0 Å². The lowest BCUT2D eigenvalue weighted by Gasteiger charge is -2.45. The van der Waals surface area contributed by atoms with Crippen LogP contribution in [0.3, 0.4) is 0 Å². The molecule has 1 aliphatic heterocycles. The van der Waals surface area contributed by atoms with Crippen molar-refractivity contribution in [1.29, 1.82) is 0 Å². The van der Waals surface area contributed by atoms with E-state index in [0.717, 1.165) is 56.4 Å². The highest BCUT2D eigenvalue weighted by molar-refractivity contribution is 7.09. The molecule has 1 aromatic carbocycles. The van der Waals surface area contributed by atoms with Gasteiger partial charge in [-0.15, -0.1) is 11.3 Å². The maximum Gasteiger partial charge on any atom is 0.250 e. The minimum absolute atomic E-state index is 0.0201. The highest BCUT2D eigenvalue weighted by Gasteiger charge is 2.52. The number of amides is 2. The molecule has 2 amide bonds. The van der Waals surface area contributed by atoms with E-state index in [9.17, 15) is 9.59 Å². The number of thiophene rings is 1. The summed E-state index contributed by atoms with van der Waals surface area (Å²) in [4.78, 5) is 32.1. The van der Waals surface area contributed by atoms with Crippen LogP contribution in [0.15, 0.2) is 41.8 Å². The van der Waals surface area contributed by atoms with Crippen LogP contribution in [-0.4, -0.2) is 34.8 Å². The monoisotopic (exact) mass is 395 g/mol. The van der Waals surface area contributed by atoms with E-state index in [0.29, 0.717) is 12.6 Å². The first kappa shape index (κ1) is 17.9. The van der Waals surface area contributed by atoms with E-state index in [4.69, 9.17) is 0 Å². The Morgan fingerprint density at radius 3 is 2.68 bits per heavy atom. The first-order valence-electron chi connectivity index (χ1n) is 10.2. The maximum absolute atomic E-state index is 13.6. The second kappa shape index (κ2) is 7.01. The molecule has 5 nitrogen and oxygen atoms in total. The van der Waals surface area contributed by atoms with Crippen molar-refractivity contribution in [2.24, 2.45) is 0 Å². The van der Waals surface area contributed by atoms with Crippen LogP contribution >= 0.6 is 11.3 Å². The van der Waals surface area contributed by atoms with Crippen LogP contribution in [0.1, 0.15) is 43.4 Å². The molecule has 28 heavy (non-hydrogen) atoms. The SMILES string of the molecule is O=C(CN(Cc1cccs1)C1CC1)N1c2ccccc2NC(=O)C12CCCC2. The van der Waals surface area contributed by atoms with Gasteiger partial charge >= 0.3 is 0 Å². The summed E-state index contributed by atoms with van der Waals surface area (Å²) in [5.74, 6) is 0.0286. The van der Waals surface area contributed by atoms with Crippen molar-refractivity contribution in [2.75, 3.05) is 16.8 Å². The molecule has 3 aliphatic rings. The highest BCUT2D eigenvalue weighted by Crippen LogP contribution is 2.45. The van der Waals surface area contributed by atoms with Crippen molar-refractivity contribution in [3.63, 3.8) is 0 Å². The zero-order valence-electron chi connectivity index (χ0n) is 15.9. The van der Waals surface area contributed by atoms with Crippen LogP contribution in [0, 0.1) is 0 Å². The molecule has 2 saturated carbocycles. The first-order valence-corrected chi connectivity index (χ1v) is 11.1. The van der Waals surface area contributed by atoms with Gasteiger partial charge in [0.2, 0.25) is 5.91 Å². The molecule has 0 radical (unpaired) electrons. The standard InChI is InChI=1S/C22H25N3O2S/c26-20(15-24(16-9-10-16)14-17-6-5-13-28-17)25-19-8-2-1-7-18(19)23-21(27)22(25)11-3-4-12-22/h1-2,5-8,13,16H,3-4,9-12,14-15H2,(H,23,27). The minimum Gasteiger partial charge on any atom is -0.322 e. The quantitative estimate of drug-likeness (QED) is 0.832. The van der Waals surface area contributed by atoms with Crippen molar-refractivity contribution in [3.8, 4) is 0 Å². The zero-order valence-corrected chi connectivity index (χ0v) is 16.7. The van der Waals surface area contributed by atoms with Crippen LogP contribution in [0.25, 0.3) is 0 Å². The highest BCUT2D eigenvalue weighted by atomic mass is 32.1. The number of benzene rings is 1. The summed E-state index contributed by atoms with van der Waals surface area (Å²) in [6.07, 6.45) is 5.77. The van der Waals surface area contributed by atoms with Crippen molar-refractivity contribution < 1.29 is 9.59 Å². The second-order valence-corrected chi connectivity index (χ2v) is 9.19. The molecule has 6 heteroatoms. The number of nitrogens with zero attached hydrogens (tertiary/aromatic N) is 2. The van der Waals surface area contributed by atoms with Crippen molar-refractivity contribution in [1.82, 2.24) is 4.90 Å². The van der Waals surface area contributed by atoms with E-state index < -0.39 is 5.54 Å². The van der Waals surface area contributed by atoms with Gasteiger partial charge < -0.3 is 5.32 Å². The molecule has 1 aromatic heterocycles. The summed E-state index contributed by atoms with van der Waals surface area (Å²) in [5.41, 5.74) is 0.874.